The highest BCUT2D eigenvalue weighted by molar-refractivity contribution is 5.97. The molecular formula is C22H21FN2O2. The summed E-state index contributed by atoms with van der Waals surface area (Å²) in [6.45, 7) is 1.97. The summed E-state index contributed by atoms with van der Waals surface area (Å²) in [6.07, 6.45) is 0. The summed E-state index contributed by atoms with van der Waals surface area (Å²) >= 11 is 0. The van der Waals surface area contributed by atoms with Crippen LogP contribution < -0.4 is 15.4 Å². The van der Waals surface area contributed by atoms with E-state index >= 15 is 0 Å². The van der Waals surface area contributed by atoms with Gasteiger partial charge in [-0.1, -0.05) is 36.4 Å². The summed E-state index contributed by atoms with van der Waals surface area (Å²) in [7, 11) is 1.59. The zero-order chi connectivity index (χ0) is 19.2. The van der Waals surface area contributed by atoms with Crippen molar-refractivity contribution >= 4 is 17.3 Å². The summed E-state index contributed by atoms with van der Waals surface area (Å²) in [5.74, 6) is 0.0442. The molecule has 0 radical (unpaired) electrons. The van der Waals surface area contributed by atoms with Gasteiger partial charge < -0.3 is 15.4 Å². The van der Waals surface area contributed by atoms with E-state index in [0.717, 1.165) is 16.8 Å². The Kier molecular flexibility index (Phi) is 5.71. The third-order valence-electron chi connectivity index (χ3n) is 4.16. The normalized spacial score (nSPS) is 11.5. The van der Waals surface area contributed by atoms with Crippen molar-refractivity contribution in [2.75, 3.05) is 17.7 Å². The predicted octanol–water partition coefficient (Wildman–Crippen LogP) is 4.93. The molecule has 0 bridgehead atoms. The second-order valence-electron chi connectivity index (χ2n) is 6.19. The average molecular weight is 364 g/mol. The van der Waals surface area contributed by atoms with E-state index in [4.69, 9.17) is 4.74 Å². The van der Waals surface area contributed by atoms with Crippen molar-refractivity contribution in [2.24, 2.45) is 0 Å². The summed E-state index contributed by atoms with van der Waals surface area (Å²) in [6, 6.07) is 20.2. The number of halogens is 1. The van der Waals surface area contributed by atoms with Crippen molar-refractivity contribution in [3.05, 3.63) is 89.7 Å². The molecule has 27 heavy (non-hydrogen) atoms. The quantitative estimate of drug-likeness (QED) is 0.652. The number of hydrogen-bond donors (Lipinski definition) is 2. The molecule has 0 spiro atoms. The molecule has 5 heteroatoms. The first-order chi connectivity index (χ1) is 13.1. The molecule has 4 nitrogen and oxygen atoms in total. The third-order valence-corrected chi connectivity index (χ3v) is 4.16. The molecule has 0 aliphatic rings. The highest BCUT2D eigenvalue weighted by Gasteiger charge is 2.22. The maximum atomic E-state index is 13.1. The van der Waals surface area contributed by atoms with Crippen LogP contribution in [0.3, 0.4) is 0 Å². The summed E-state index contributed by atoms with van der Waals surface area (Å²) in [4.78, 5) is 13.0. The first-order valence-electron chi connectivity index (χ1n) is 8.59. The minimum Gasteiger partial charge on any atom is -0.495 e. The molecule has 1 unspecified atom stereocenters. The lowest BCUT2D eigenvalue weighted by atomic mass is 10.0. The zero-order valence-corrected chi connectivity index (χ0v) is 15.2. The van der Waals surface area contributed by atoms with Gasteiger partial charge in [0.1, 0.15) is 17.6 Å². The van der Waals surface area contributed by atoms with Gasteiger partial charge in [0.2, 0.25) is 0 Å². The largest absolute Gasteiger partial charge is 0.495 e. The van der Waals surface area contributed by atoms with Crippen LogP contribution in [0, 0.1) is 12.7 Å². The second-order valence-corrected chi connectivity index (χ2v) is 6.19. The lowest BCUT2D eigenvalue weighted by Crippen LogP contribution is -2.27. The summed E-state index contributed by atoms with van der Waals surface area (Å²) in [5, 5.41) is 6.11. The van der Waals surface area contributed by atoms with Gasteiger partial charge >= 0.3 is 0 Å². The van der Waals surface area contributed by atoms with Crippen molar-refractivity contribution in [3.63, 3.8) is 0 Å². The molecule has 0 aromatic heterocycles. The fourth-order valence-electron chi connectivity index (χ4n) is 2.78. The van der Waals surface area contributed by atoms with Crippen molar-refractivity contribution in [1.82, 2.24) is 0 Å². The molecular weight excluding hydrogens is 343 g/mol. The molecule has 0 fully saturated rings. The molecule has 3 rings (SSSR count). The van der Waals surface area contributed by atoms with Crippen LogP contribution in [0.2, 0.25) is 0 Å². The molecule has 1 amide bonds. The standard InChI is InChI=1S/C22H21FN2O2/c1-15-8-13-20(27-2)19(14-15)25-21(16-6-4-3-5-7-16)22(26)24-18-11-9-17(23)10-12-18/h3-14,21,25H,1-2H3,(H,24,26). The lowest BCUT2D eigenvalue weighted by Gasteiger charge is -2.22. The number of ether oxygens (including phenoxy) is 1. The van der Waals surface area contributed by atoms with Crippen LogP contribution in [0.25, 0.3) is 0 Å². The highest BCUT2D eigenvalue weighted by atomic mass is 19.1. The smallest absolute Gasteiger partial charge is 0.251 e. The maximum Gasteiger partial charge on any atom is 0.251 e. The van der Waals surface area contributed by atoms with E-state index in [1.54, 1.807) is 7.11 Å². The number of hydrogen-bond acceptors (Lipinski definition) is 3. The molecule has 3 aromatic rings. The summed E-state index contributed by atoms with van der Waals surface area (Å²) in [5.41, 5.74) is 3.10. The number of benzene rings is 3. The van der Waals surface area contributed by atoms with Gasteiger partial charge in [0.15, 0.2) is 0 Å². The van der Waals surface area contributed by atoms with E-state index in [9.17, 15) is 9.18 Å². The van der Waals surface area contributed by atoms with E-state index in [2.05, 4.69) is 10.6 Å². The number of anilines is 2. The van der Waals surface area contributed by atoms with Crippen LogP contribution in [0.1, 0.15) is 17.2 Å². The Morgan fingerprint density at radius 3 is 2.37 bits per heavy atom. The predicted molar refractivity (Wildman–Crippen MR) is 106 cm³/mol. The molecule has 0 heterocycles. The monoisotopic (exact) mass is 364 g/mol. The Morgan fingerprint density at radius 1 is 1.00 bits per heavy atom. The van der Waals surface area contributed by atoms with Crippen LogP contribution in [0.4, 0.5) is 15.8 Å². The first-order valence-corrected chi connectivity index (χ1v) is 8.59. The fraction of sp³-hybridized carbons (Fsp3) is 0.136. The number of aryl methyl sites for hydroxylation is 1. The SMILES string of the molecule is COc1ccc(C)cc1NC(C(=O)Nc1ccc(F)cc1)c1ccccc1. The Hall–Kier alpha value is -3.34. The van der Waals surface area contributed by atoms with E-state index < -0.39 is 6.04 Å². The molecule has 0 saturated heterocycles. The van der Waals surface area contributed by atoms with Gasteiger partial charge in [0, 0.05) is 5.69 Å². The number of nitrogens with one attached hydrogen (secondary N) is 2. The van der Waals surface area contributed by atoms with Crippen LogP contribution in [-0.2, 0) is 4.79 Å². The van der Waals surface area contributed by atoms with E-state index in [1.807, 2.05) is 55.5 Å². The Balaban J connectivity index is 1.91. The van der Waals surface area contributed by atoms with Crippen molar-refractivity contribution in [2.45, 2.75) is 13.0 Å². The minimum absolute atomic E-state index is 0.253. The molecule has 0 aliphatic heterocycles. The summed E-state index contributed by atoms with van der Waals surface area (Å²) < 4.78 is 18.5. The Labute approximate surface area is 158 Å². The minimum atomic E-state index is -0.646. The van der Waals surface area contributed by atoms with Gasteiger partial charge in [-0.25, -0.2) is 4.39 Å². The van der Waals surface area contributed by atoms with Crippen LogP contribution >= 0.6 is 0 Å². The topological polar surface area (TPSA) is 50.4 Å². The van der Waals surface area contributed by atoms with Crippen molar-refractivity contribution in [3.8, 4) is 5.75 Å². The van der Waals surface area contributed by atoms with Gasteiger partial charge in [0.25, 0.3) is 5.91 Å². The molecule has 2 N–H and O–H groups in total. The number of carbonyl (C=O) groups excluding carboxylic acids is 1. The van der Waals surface area contributed by atoms with Crippen molar-refractivity contribution < 1.29 is 13.9 Å². The van der Waals surface area contributed by atoms with Crippen LogP contribution in [0.5, 0.6) is 5.75 Å². The van der Waals surface area contributed by atoms with Crippen molar-refractivity contribution in [1.29, 1.82) is 0 Å². The zero-order valence-electron chi connectivity index (χ0n) is 15.2. The first kappa shape index (κ1) is 18.5. The second kappa shape index (κ2) is 8.36. The fourth-order valence-corrected chi connectivity index (χ4v) is 2.78. The van der Waals surface area contributed by atoms with Gasteiger partial charge in [0.05, 0.1) is 12.8 Å². The number of amides is 1. The van der Waals surface area contributed by atoms with Gasteiger partial charge in [-0.3, -0.25) is 4.79 Å². The van der Waals surface area contributed by atoms with Gasteiger partial charge in [-0.2, -0.15) is 0 Å². The maximum absolute atomic E-state index is 13.1. The van der Waals surface area contributed by atoms with E-state index in [-0.39, 0.29) is 11.7 Å². The Bertz CT molecular complexity index is 911. The number of methoxy groups -OCH3 is 1. The molecule has 0 aliphatic carbocycles. The van der Waals surface area contributed by atoms with E-state index in [1.165, 1.54) is 24.3 Å². The lowest BCUT2D eigenvalue weighted by molar-refractivity contribution is -0.117. The van der Waals surface area contributed by atoms with Gasteiger partial charge in [-0.15, -0.1) is 0 Å². The van der Waals surface area contributed by atoms with Gasteiger partial charge in [-0.05, 0) is 54.4 Å². The van der Waals surface area contributed by atoms with Crippen LogP contribution in [0.15, 0.2) is 72.8 Å². The molecule has 3 aromatic carbocycles. The number of rotatable bonds is 6. The van der Waals surface area contributed by atoms with E-state index in [0.29, 0.717) is 11.4 Å². The molecule has 1 atom stereocenters. The van der Waals surface area contributed by atoms with Crippen LogP contribution in [-0.4, -0.2) is 13.0 Å². The highest BCUT2D eigenvalue weighted by Crippen LogP contribution is 2.30. The third kappa shape index (κ3) is 4.64. The Morgan fingerprint density at radius 2 is 1.70 bits per heavy atom. The molecule has 0 saturated carbocycles. The average Bonchev–Trinajstić information content (AvgIpc) is 2.68. The molecule has 138 valence electrons. The number of carbonyl (C=O) groups is 1.